The minimum absolute atomic E-state index is 0.116. The maximum Gasteiger partial charge on any atom is 0.185 e. The van der Waals surface area contributed by atoms with E-state index in [1.807, 2.05) is 60.7 Å². The van der Waals surface area contributed by atoms with Crippen molar-refractivity contribution < 1.29 is 4.79 Å². The molecule has 1 aliphatic rings. The van der Waals surface area contributed by atoms with Gasteiger partial charge >= 0.3 is 0 Å². The average Bonchev–Trinajstić information content (AvgIpc) is 2.80. The predicted molar refractivity (Wildman–Crippen MR) is 91.9 cm³/mol. The van der Waals surface area contributed by atoms with Crippen LogP contribution < -0.4 is 11.5 Å². The Morgan fingerprint density at radius 1 is 0.773 bits per heavy atom. The second-order valence-electron chi connectivity index (χ2n) is 5.51. The zero-order valence-corrected chi connectivity index (χ0v) is 12.3. The van der Waals surface area contributed by atoms with Crippen LogP contribution in [0.3, 0.4) is 0 Å². The van der Waals surface area contributed by atoms with E-state index in [2.05, 4.69) is 0 Å². The van der Waals surface area contributed by atoms with Crippen LogP contribution in [0.15, 0.2) is 59.7 Å². The molecule has 2 aromatic carbocycles. The Labute approximate surface area is 129 Å². The second kappa shape index (κ2) is 5.90. The number of rotatable bonds is 2. The summed E-state index contributed by atoms with van der Waals surface area (Å²) >= 11 is 0. The molecule has 3 rings (SSSR count). The summed E-state index contributed by atoms with van der Waals surface area (Å²) in [5.41, 5.74) is 16.6. The number of benzene rings is 2. The number of Topliss-reactive ketones (excluding diaryl/α,β-unsaturated/α-hetero) is 1. The number of ketones is 1. The van der Waals surface area contributed by atoms with Crippen molar-refractivity contribution in [2.45, 2.75) is 12.8 Å². The van der Waals surface area contributed by atoms with Crippen LogP contribution in [0.5, 0.6) is 0 Å². The summed E-state index contributed by atoms with van der Waals surface area (Å²) in [6.45, 7) is 0. The van der Waals surface area contributed by atoms with E-state index in [9.17, 15) is 4.79 Å². The fraction of sp³-hybridized carbons (Fsp3) is 0.105. The van der Waals surface area contributed by atoms with Gasteiger partial charge in [-0.15, -0.1) is 0 Å². The third-order valence-corrected chi connectivity index (χ3v) is 3.75. The molecule has 4 N–H and O–H groups in total. The van der Waals surface area contributed by atoms with E-state index < -0.39 is 0 Å². The lowest BCUT2D eigenvalue weighted by Gasteiger charge is -1.99. The number of anilines is 2. The van der Waals surface area contributed by atoms with Gasteiger partial charge in [-0.05, 0) is 60.4 Å². The number of carbonyl (C=O) groups is 1. The summed E-state index contributed by atoms with van der Waals surface area (Å²) in [4.78, 5) is 12.5. The molecule has 0 atom stereocenters. The Morgan fingerprint density at radius 2 is 1.23 bits per heavy atom. The number of carbonyl (C=O) groups excluding carboxylic acids is 1. The molecule has 2 aromatic rings. The Kier molecular flexibility index (Phi) is 3.79. The van der Waals surface area contributed by atoms with E-state index in [0.29, 0.717) is 11.4 Å². The minimum atomic E-state index is 0.116. The van der Waals surface area contributed by atoms with Crippen molar-refractivity contribution in [2.75, 3.05) is 11.5 Å². The van der Waals surface area contributed by atoms with Gasteiger partial charge in [-0.3, -0.25) is 4.79 Å². The molecule has 0 bridgehead atoms. The maximum atomic E-state index is 12.5. The largest absolute Gasteiger partial charge is 0.399 e. The smallest absolute Gasteiger partial charge is 0.185 e. The SMILES string of the molecule is Nc1cccc(/C=C2/CC/C(=C\c3cccc(N)c3)C2=O)c1. The second-order valence-corrected chi connectivity index (χ2v) is 5.51. The summed E-state index contributed by atoms with van der Waals surface area (Å²) in [6.07, 6.45) is 5.39. The van der Waals surface area contributed by atoms with E-state index in [0.717, 1.165) is 35.1 Å². The van der Waals surface area contributed by atoms with E-state index in [-0.39, 0.29) is 5.78 Å². The summed E-state index contributed by atoms with van der Waals surface area (Å²) in [6, 6.07) is 15.1. The lowest BCUT2D eigenvalue weighted by atomic mass is 10.1. The Hall–Kier alpha value is -2.81. The van der Waals surface area contributed by atoms with E-state index in [4.69, 9.17) is 11.5 Å². The fourth-order valence-electron chi connectivity index (χ4n) is 2.68. The first kappa shape index (κ1) is 14.1. The van der Waals surface area contributed by atoms with Gasteiger partial charge in [0, 0.05) is 22.5 Å². The lowest BCUT2D eigenvalue weighted by molar-refractivity contribution is -0.111. The van der Waals surface area contributed by atoms with Crippen molar-refractivity contribution >= 4 is 29.3 Å². The monoisotopic (exact) mass is 290 g/mol. The van der Waals surface area contributed by atoms with Gasteiger partial charge in [0.2, 0.25) is 0 Å². The first-order valence-electron chi connectivity index (χ1n) is 7.29. The van der Waals surface area contributed by atoms with Gasteiger partial charge in [0.1, 0.15) is 0 Å². The van der Waals surface area contributed by atoms with Crippen molar-refractivity contribution in [3.63, 3.8) is 0 Å². The molecular weight excluding hydrogens is 272 g/mol. The fourth-order valence-corrected chi connectivity index (χ4v) is 2.68. The summed E-state index contributed by atoms with van der Waals surface area (Å²) in [7, 11) is 0. The summed E-state index contributed by atoms with van der Waals surface area (Å²) < 4.78 is 0. The Balaban J connectivity index is 1.86. The Morgan fingerprint density at radius 3 is 1.64 bits per heavy atom. The van der Waals surface area contributed by atoms with Crippen LogP contribution in [0.1, 0.15) is 24.0 Å². The number of hydrogen-bond acceptors (Lipinski definition) is 3. The van der Waals surface area contributed by atoms with E-state index in [1.54, 1.807) is 0 Å². The third-order valence-electron chi connectivity index (χ3n) is 3.75. The molecule has 0 unspecified atom stereocenters. The van der Waals surface area contributed by atoms with Crippen molar-refractivity contribution in [1.29, 1.82) is 0 Å². The molecule has 3 nitrogen and oxygen atoms in total. The highest BCUT2D eigenvalue weighted by Crippen LogP contribution is 2.29. The molecule has 1 fully saturated rings. The average molecular weight is 290 g/mol. The highest BCUT2D eigenvalue weighted by atomic mass is 16.1. The molecule has 0 aromatic heterocycles. The van der Waals surface area contributed by atoms with E-state index >= 15 is 0 Å². The Bertz CT molecular complexity index is 722. The molecule has 0 spiro atoms. The van der Waals surface area contributed by atoms with Gasteiger partial charge in [0.25, 0.3) is 0 Å². The van der Waals surface area contributed by atoms with Crippen LogP contribution in [-0.2, 0) is 4.79 Å². The minimum Gasteiger partial charge on any atom is -0.399 e. The van der Waals surface area contributed by atoms with Crippen LogP contribution in [0, 0.1) is 0 Å². The van der Waals surface area contributed by atoms with Gasteiger partial charge in [0.05, 0.1) is 0 Å². The van der Waals surface area contributed by atoms with Gasteiger partial charge in [-0.1, -0.05) is 24.3 Å². The highest BCUT2D eigenvalue weighted by Gasteiger charge is 2.22. The topological polar surface area (TPSA) is 69.1 Å². The predicted octanol–water partition coefficient (Wildman–Crippen LogP) is 3.68. The molecule has 0 aliphatic heterocycles. The number of nitrogens with two attached hydrogens (primary N) is 2. The van der Waals surface area contributed by atoms with Gasteiger partial charge in [-0.25, -0.2) is 0 Å². The van der Waals surface area contributed by atoms with Crippen molar-refractivity contribution in [1.82, 2.24) is 0 Å². The molecule has 0 radical (unpaired) electrons. The highest BCUT2D eigenvalue weighted by molar-refractivity contribution is 6.15. The van der Waals surface area contributed by atoms with Crippen LogP contribution in [0.25, 0.3) is 12.2 Å². The number of hydrogen-bond donors (Lipinski definition) is 2. The van der Waals surface area contributed by atoms with Crippen LogP contribution in [0.2, 0.25) is 0 Å². The molecule has 1 saturated carbocycles. The maximum absolute atomic E-state index is 12.5. The molecule has 1 aliphatic carbocycles. The van der Waals surface area contributed by atoms with Gasteiger partial charge < -0.3 is 11.5 Å². The zero-order chi connectivity index (χ0) is 15.5. The third kappa shape index (κ3) is 3.09. The summed E-state index contributed by atoms with van der Waals surface area (Å²) in [5.74, 6) is 0.116. The molecular formula is C19H18N2O. The van der Waals surface area contributed by atoms with E-state index in [1.165, 1.54) is 0 Å². The van der Waals surface area contributed by atoms with Crippen LogP contribution in [0.4, 0.5) is 11.4 Å². The molecule has 3 heteroatoms. The van der Waals surface area contributed by atoms with Crippen molar-refractivity contribution in [2.24, 2.45) is 0 Å². The zero-order valence-electron chi connectivity index (χ0n) is 12.3. The molecule has 0 amide bonds. The van der Waals surface area contributed by atoms with Gasteiger partial charge in [0.15, 0.2) is 5.78 Å². The molecule has 0 heterocycles. The van der Waals surface area contributed by atoms with Crippen LogP contribution >= 0.6 is 0 Å². The molecule has 22 heavy (non-hydrogen) atoms. The number of nitrogen functional groups attached to an aromatic ring is 2. The van der Waals surface area contributed by atoms with Crippen LogP contribution in [-0.4, -0.2) is 5.78 Å². The first-order chi connectivity index (χ1) is 10.6. The van der Waals surface area contributed by atoms with Crippen molar-refractivity contribution in [3.8, 4) is 0 Å². The normalized spacial score (nSPS) is 18.3. The number of allylic oxidation sites excluding steroid dienone is 2. The molecule has 0 saturated heterocycles. The summed E-state index contributed by atoms with van der Waals surface area (Å²) in [5, 5.41) is 0. The standard InChI is InChI=1S/C19H18N2O/c20-17-5-1-3-13(11-17)9-15-7-8-16(19(15)22)10-14-4-2-6-18(21)12-14/h1-6,9-12H,7-8,20-21H2/b15-9-,16-10+. The quantitative estimate of drug-likeness (QED) is 0.654. The molecule has 110 valence electrons. The first-order valence-corrected chi connectivity index (χ1v) is 7.29. The van der Waals surface area contributed by atoms with Gasteiger partial charge in [-0.2, -0.15) is 0 Å². The van der Waals surface area contributed by atoms with Crippen molar-refractivity contribution in [3.05, 3.63) is 70.8 Å². The lowest BCUT2D eigenvalue weighted by Crippen LogP contribution is -1.96.